The molecule has 4 aromatic heterocycles. The fourth-order valence-electron chi connectivity index (χ4n) is 4.18. The van der Waals surface area contributed by atoms with Gasteiger partial charge in [0.2, 0.25) is 17.0 Å². The molecule has 0 radical (unpaired) electrons. The topological polar surface area (TPSA) is 160 Å². The lowest BCUT2D eigenvalue weighted by atomic mass is 10.2. The van der Waals surface area contributed by atoms with Crippen molar-refractivity contribution >= 4 is 52.4 Å². The van der Waals surface area contributed by atoms with Crippen LogP contribution >= 0.6 is 34.8 Å². The van der Waals surface area contributed by atoms with E-state index >= 15 is 0 Å². The smallest absolute Gasteiger partial charge is 0.258 e. The second-order valence-electron chi connectivity index (χ2n) is 11.1. The van der Waals surface area contributed by atoms with E-state index in [-0.39, 0.29) is 17.0 Å². The summed E-state index contributed by atoms with van der Waals surface area (Å²) in [5, 5.41) is 4.44. The number of hydrogen-bond acceptors (Lipinski definition) is 8. The summed E-state index contributed by atoms with van der Waals surface area (Å²) in [4.78, 5) is 53.1. The number of primary amides is 1. The number of nitrogens with two attached hydrogens (primary N) is 1. The fraction of sp³-hybridized carbons (Fsp3) is 0.105. The van der Waals surface area contributed by atoms with Gasteiger partial charge in [-0.1, -0.05) is 59.1 Å². The molecule has 0 spiro atoms. The van der Waals surface area contributed by atoms with Gasteiger partial charge >= 0.3 is 0 Å². The maximum atomic E-state index is 12.2. The molecule has 0 bridgehead atoms. The Bertz CT molecular complexity index is 2280. The first-order valence-corrected chi connectivity index (χ1v) is 16.8. The first kappa shape index (κ1) is 39.8. The van der Waals surface area contributed by atoms with E-state index in [9.17, 15) is 19.2 Å². The Morgan fingerprint density at radius 2 is 1.19 bits per heavy atom. The largest absolute Gasteiger partial charge is 0.489 e. The molecule has 2 aromatic carbocycles. The van der Waals surface area contributed by atoms with Crippen molar-refractivity contribution in [3.8, 4) is 11.5 Å². The SMILES string of the molecule is Clc1cccc(OCc2ccc(Cl)nc2)c1.Cn1cc(C(=O)Nc2ccc(COc3cccc(Cl)c3)cn2)ccc1=O.Cn1cc(C(N)=O)ccc1=O. The van der Waals surface area contributed by atoms with Crippen LogP contribution in [-0.4, -0.2) is 30.9 Å². The van der Waals surface area contributed by atoms with Crippen LogP contribution in [0.5, 0.6) is 11.5 Å². The molecular formula is C38H33Cl3N6O6. The first-order valence-electron chi connectivity index (χ1n) is 15.6. The first-order chi connectivity index (χ1) is 25.4. The standard InChI is InChI=1S/C19H16ClN3O3.C12H9Cl2NO.C7H8N2O2/c1-23-11-14(6-8-18(23)24)19(25)22-17-7-5-13(10-21-17)12-26-16-4-2-3-15(20)9-16;13-10-2-1-3-11(6-10)16-8-9-4-5-12(14)15-7-9;1-9-4-5(7(8)11)2-3-6(9)10/h2-11H,12H2,1H3,(H,21,22,25);1-7H,8H2;2-4H,1H3,(H2,8,11). The number of pyridine rings is 4. The van der Waals surface area contributed by atoms with Crippen LogP contribution in [0.1, 0.15) is 31.8 Å². The molecule has 53 heavy (non-hydrogen) atoms. The lowest BCUT2D eigenvalue weighted by molar-refractivity contribution is 0.0996. The van der Waals surface area contributed by atoms with E-state index in [0.29, 0.717) is 51.1 Å². The highest BCUT2D eigenvalue weighted by atomic mass is 35.5. The van der Waals surface area contributed by atoms with Gasteiger partial charge in [-0.2, -0.15) is 0 Å². The molecule has 3 N–H and O–H groups in total. The number of nitrogens with one attached hydrogen (secondary N) is 1. The predicted octanol–water partition coefficient (Wildman–Crippen LogP) is 6.72. The maximum Gasteiger partial charge on any atom is 0.258 e. The van der Waals surface area contributed by atoms with E-state index in [1.165, 1.54) is 45.8 Å². The molecule has 0 atom stereocenters. The zero-order chi connectivity index (χ0) is 38.3. The average molecular weight is 776 g/mol. The van der Waals surface area contributed by atoms with E-state index in [1.807, 2.05) is 36.4 Å². The van der Waals surface area contributed by atoms with Gasteiger partial charge in [-0.05, 0) is 60.7 Å². The van der Waals surface area contributed by atoms with Gasteiger partial charge in [0.1, 0.15) is 35.7 Å². The van der Waals surface area contributed by atoms with Crippen molar-refractivity contribution in [2.24, 2.45) is 19.8 Å². The van der Waals surface area contributed by atoms with E-state index < -0.39 is 5.91 Å². The van der Waals surface area contributed by atoms with Gasteiger partial charge in [0, 0.05) is 72.2 Å². The molecule has 6 aromatic rings. The number of halogens is 3. The molecule has 0 saturated heterocycles. The minimum atomic E-state index is -0.527. The van der Waals surface area contributed by atoms with Crippen molar-refractivity contribution in [2.75, 3.05) is 5.32 Å². The van der Waals surface area contributed by atoms with Crippen molar-refractivity contribution in [1.29, 1.82) is 0 Å². The number of benzene rings is 2. The zero-order valence-electron chi connectivity index (χ0n) is 28.4. The molecule has 0 fully saturated rings. The van der Waals surface area contributed by atoms with Gasteiger partial charge in [0.25, 0.3) is 5.91 Å². The normalized spacial score (nSPS) is 10.1. The molecule has 2 amide bonds. The molecule has 0 saturated carbocycles. The monoisotopic (exact) mass is 774 g/mol. The van der Waals surface area contributed by atoms with E-state index in [0.717, 1.165) is 16.9 Å². The highest BCUT2D eigenvalue weighted by Gasteiger charge is 2.08. The number of hydrogen-bond donors (Lipinski definition) is 2. The number of rotatable bonds is 9. The lowest BCUT2D eigenvalue weighted by Crippen LogP contribution is -2.19. The Kier molecular flexibility index (Phi) is 14.7. The third-order valence-electron chi connectivity index (χ3n) is 6.98. The Morgan fingerprint density at radius 3 is 1.64 bits per heavy atom. The number of amides is 2. The number of aromatic nitrogens is 4. The number of nitrogens with zero attached hydrogens (tertiary/aromatic N) is 4. The average Bonchev–Trinajstić information content (AvgIpc) is 3.14. The van der Waals surface area contributed by atoms with Crippen LogP contribution in [0.3, 0.4) is 0 Å². The van der Waals surface area contributed by atoms with Crippen molar-refractivity contribution in [2.45, 2.75) is 13.2 Å². The summed E-state index contributed by atoms with van der Waals surface area (Å²) in [6.07, 6.45) is 6.20. The summed E-state index contributed by atoms with van der Waals surface area (Å²) in [6.45, 7) is 0.785. The van der Waals surface area contributed by atoms with Crippen LogP contribution in [0.15, 0.2) is 131 Å². The number of carbonyl (C=O) groups is 2. The van der Waals surface area contributed by atoms with Gasteiger partial charge in [-0.15, -0.1) is 0 Å². The van der Waals surface area contributed by atoms with Crippen molar-refractivity contribution in [1.82, 2.24) is 19.1 Å². The van der Waals surface area contributed by atoms with Crippen LogP contribution in [-0.2, 0) is 27.3 Å². The molecule has 4 heterocycles. The molecule has 0 aliphatic heterocycles. The lowest BCUT2D eigenvalue weighted by Gasteiger charge is -2.08. The minimum Gasteiger partial charge on any atom is -0.489 e. The van der Waals surface area contributed by atoms with E-state index in [4.69, 9.17) is 50.0 Å². The Balaban J connectivity index is 0.000000197. The Morgan fingerprint density at radius 1 is 0.679 bits per heavy atom. The van der Waals surface area contributed by atoms with Crippen LogP contribution < -0.4 is 31.6 Å². The van der Waals surface area contributed by atoms with E-state index in [1.54, 1.807) is 62.9 Å². The summed E-state index contributed by atoms with van der Waals surface area (Å²) in [5.74, 6) is 0.957. The fourth-order valence-corrected chi connectivity index (χ4v) is 4.65. The summed E-state index contributed by atoms with van der Waals surface area (Å²) >= 11 is 17.4. The molecule has 6 rings (SSSR count). The molecular weight excluding hydrogens is 743 g/mol. The number of aryl methyl sites for hydroxylation is 2. The predicted molar refractivity (Wildman–Crippen MR) is 205 cm³/mol. The molecule has 12 nitrogen and oxygen atoms in total. The van der Waals surface area contributed by atoms with Crippen LogP contribution in [0, 0.1) is 0 Å². The van der Waals surface area contributed by atoms with Crippen molar-refractivity contribution < 1.29 is 19.1 Å². The second kappa shape index (κ2) is 19.6. The third kappa shape index (κ3) is 13.3. The summed E-state index contributed by atoms with van der Waals surface area (Å²) in [5.41, 5.74) is 7.18. The third-order valence-corrected chi connectivity index (χ3v) is 7.67. The van der Waals surface area contributed by atoms with Crippen LogP contribution in [0.25, 0.3) is 0 Å². The number of ether oxygens (including phenoxy) is 2. The minimum absolute atomic E-state index is 0.157. The summed E-state index contributed by atoms with van der Waals surface area (Å²) in [7, 11) is 3.15. The van der Waals surface area contributed by atoms with Gasteiger partial charge in [-0.3, -0.25) is 19.2 Å². The van der Waals surface area contributed by atoms with Gasteiger partial charge in [0.15, 0.2) is 0 Å². The van der Waals surface area contributed by atoms with Crippen LogP contribution in [0.2, 0.25) is 15.2 Å². The molecule has 15 heteroatoms. The molecule has 0 aliphatic carbocycles. The maximum absolute atomic E-state index is 12.2. The Labute approximate surface area is 319 Å². The van der Waals surface area contributed by atoms with E-state index in [2.05, 4.69) is 15.3 Å². The zero-order valence-corrected chi connectivity index (χ0v) is 30.7. The molecule has 272 valence electrons. The number of carbonyl (C=O) groups excluding carboxylic acids is 2. The van der Waals surface area contributed by atoms with Gasteiger partial charge in [0.05, 0.1) is 11.1 Å². The highest BCUT2D eigenvalue weighted by molar-refractivity contribution is 6.31. The molecule has 0 aliphatic rings. The van der Waals surface area contributed by atoms with Gasteiger partial charge < -0.3 is 29.7 Å². The number of anilines is 1. The van der Waals surface area contributed by atoms with Crippen molar-refractivity contribution in [3.05, 3.63) is 180 Å². The summed E-state index contributed by atoms with van der Waals surface area (Å²) < 4.78 is 13.8. The quantitative estimate of drug-likeness (QED) is 0.153. The van der Waals surface area contributed by atoms with Crippen molar-refractivity contribution in [3.63, 3.8) is 0 Å². The summed E-state index contributed by atoms with van der Waals surface area (Å²) in [6, 6.07) is 27.1. The van der Waals surface area contributed by atoms with Crippen LogP contribution in [0.4, 0.5) is 5.82 Å². The Hall–Kier alpha value is -5.95. The second-order valence-corrected chi connectivity index (χ2v) is 12.3. The molecule has 0 unspecified atom stereocenters. The van der Waals surface area contributed by atoms with Gasteiger partial charge in [-0.25, -0.2) is 9.97 Å². The highest BCUT2D eigenvalue weighted by Crippen LogP contribution is 2.20.